The van der Waals surface area contributed by atoms with Crippen molar-refractivity contribution in [3.05, 3.63) is 77.5 Å². The number of nitrogens with zero attached hydrogens (tertiary/aromatic N) is 3. The van der Waals surface area contributed by atoms with Gasteiger partial charge in [0.2, 0.25) is 0 Å². The number of rotatable bonds is 3. The van der Waals surface area contributed by atoms with Crippen LogP contribution >= 0.6 is 0 Å². The zero-order valence-electron chi connectivity index (χ0n) is 13.9. The van der Waals surface area contributed by atoms with Crippen molar-refractivity contribution in [1.29, 1.82) is 0 Å². The first-order chi connectivity index (χ1) is 12.3. The van der Waals surface area contributed by atoms with Crippen LogP contribution in [0.4, 0.5) is 5.82 Å². The van der Waals surface area contributed by atoms with E-state index in [1.165, 1.54) is 0 Å². The molecule has 25 heavy (non-hydrogen) atoms. The minimum absolute atomic E-state index is 0.122. The summed E-state index contributed by atoms with van der Waals surface area (Å²) in [5.41, 5.74) is 4.04. The van der Waals surface area contributed by atoms with Gasteiger partial charge in [-0.25, -0.2) is 9.67 Å². The number of hydrogen-bond donors (Lipinski definition) is 1. The Kier molecular flexibility index (Phi) is 3.90. The Labute approximate surface area is 146 Å². The Morgan fingerprint density at radius 1 is 1.04 bits per heavy atom. The lowest BCUT2D eigenvalue weighted by Crippen LogP contribution is -2.28. The lowest BCUT2D eigenvalue weighted by atomic mass is 10.1. The van der Waals surface area contributed by atoms with Crippen molar-refractivity contribution in [1.82, 2.24) is 15.1 Å². The van der Waals surface area contributed by atoms with Crippen LogP contribution in [0.5, 0.6) is 0 Å². The van der Waals surface area contributed by atoms with Crippen LogP contribution in [-0.2, 0) is 6.42 Å². The molecule has 0 spiro atoms. The van der Waals surface area contributed by atoms with Gasteiger partial charge >= 0.3 is 0 Å². The molecule has 5 heteroatoms. The number of fused-ring (bicyclic) bond motifs is 1. The number of carbonyl (C=O) groups excluding carboxylic acids is 1. The summed E-state index contributed by atoms with van der Waals surface area (Å²) in [6.45, 7) is 2.40. The minimum atomic E-state index is -0.122. The van der Waals surface area contributed by atoms with Crippen LogP contribution in [0, 0.1) is 0 Å². The van der Waals surface area contributed by atoms with Crippen molar-refractivity contribution in [3.8, 4) is 5.69 Å². The molecule has 1 amide bonds. The van der Waals surface area contributed by atoms with Crippen LogP contribution in [0.25, 0.3) is 5.69 Å². The molecule has 1 N–H and O–H groups in total. The second kappa shape index (κ2) is 6.36. The molecule has 0 radical (unpaired) electrons. The van der Waals surface area contributed by atoms with Gasteiger partial charge in [-0.3, -0.25) is 4.79 Å². The highest BCUT2D eigenvalue weighted by atomic mass is 16.1. The van der Waals surface area contributed by atoms with Crippen molar-refractivity contribution in [2.24, 2.45) is 4.99 Å². The number of hydrogen-bond acceptors (Lipinski definition) is 3. The first-order valence-corrected chi connectivity index (χ1v) is 8.36. The van der Waals surface area contributed by atoms with Crippen LogP contribution in [-0.4, -0.2) is 27.9 Å². The lowest BCUT2D eigenvalue weighted by molar-refractivity contribution is 0.0960. The Morgan fingerprint density at radius 2 is 1.72 bits per heavy atom. The molecule has 0 bridgehead atoms. The zero-order valence-corrected chi connectivity index (χ0v) is 13.9. The van der Waals surface area contributed by atoms with E-state index in [0.717, 1.165) is 22.7 Å². The van der Waals surface area contributed by atoms with Crippen molar-refractivity contribution in [2.75, 3.05) is 6.54 Å². The van der Waals surface area contributed by atoms with E-state index in [1.807, 2.05) is 67.6 Å². The molecule has 0 atom stereocenters. The molecule has 2 heterocycles. The molecule has 2 aromatic carbocycles. The van der Waals surface area contributed by atoms with Crippen molar-refractivity contribution in [3.63, 3.8) is 0 Å². The summed E-state index contributed by atoms with van der Waals surface area (Å²) in [5, 5.41) is 7.62. The third-order valence-electron chi connectivity index (χ3n) is 4.26. The summed E-state index contributed by atoms with van der Waals surface area (Å²) in [7, 11) is 0. The fourth-order valence-corrected chi connectivity index (χ4v) is 3.00. The SMILES string of the molecule is CCc1nn(-c2ccccc2)c2c1C(=O)NCC(c1ccccc1)=N2. The van der Waals surface area contributed by atoms with E-state index in [2.05, 4.69) is 10.4 Å². The van der Waals surface area contributed by atoms with E-state index in [9.17, 15) is 4.79 Å². The number of aliphatic imine (C=N–C) groups is 1. The number of nitrogens with one attached hydrogen (secondary N) is 1. The summed E-state index contributed by atoms with van der Waals surface area (Å²) in [6.07, 6.45) is 0.672. The highest BCUT2D eigenvalue weighted by Gasteiger charge is 2.26. The smallest absolute Gasteiger partial charge is 0.257 e. The molecule has 4 rings (SSSR count). The summed E-state index contributed by atoms with van der Waals surface area (Å²) in [4.78, 5) is 17.5. The van der Waals surface area contributed by atoms with Gasteiger partial charge in [0.1, 0.15) is 5.56 Å². The van der Waals surface area contributed by atoms with Crippen molar-refractivity contribution >= 4 is 17.4 Å². The molecule has 0 unspecified atom stereocenters. The predicted molar refractivity (Wildman–Crippen MR) is 97.9 cm³/mol. The van der Waals surface area contributed by atoms with Crippen LogP contribution < -0.4 is 5.32 Å². The Bertz CT molecular complexity index is 943. The Balaban J connectivity index is 1.94. The summed E-state index contributed by atoms with van der Waals surface area (Å²) < 4.78 is 1.77. The van der Waals surface area contributed by atoms with Gasteiger partial charge in [0.15, 0.2) is 5.82 Å². The maximum Gasteiger partial charge on any atom is 0.257 e. The third kappa shape index (κ3) is 2.74. The largest absolute Gasteiger partial charge is 0.346 e. The first-order valence-electron chi connectivity index (χ1n) is 8.36. The van der Waals surface area contributed by atoms with Gasteiger partial charge in [-0.15, -0.1) is 0 Å². The van der Waals surface area contributed by atoms with Gasteiger partial charge in [0, 0.05) is 0 Å². The van der Waals surface area contributed by atoms with Crippen molar-refractivity contribution in [2.45, 2.75) is 13.3 Å². The van der Waals surface area contributed by atoms with E-state index in [4.69, 9.17) is 4.99 Å². The Hall–Kier alpha value is -3.21. The average Bonchev–Trinajstić information content (AvgIpc) is 2.95. The van der Waals surface area contributed by atoms with Crippen LogP contribution in [0.1, 0.15) is 28.5 Å². The van der Waals surface area contributed by atoms with Gasteiger partial charge in [-0.05, 0) is 24.1 Å². The summed E-state index contributed by atoms with van der Waals surface area (Å²) in [6, 6.07) is 19.7. The molecule has 0 saturated heterocycles. The fourth-order valence-electron chi connectivity index (χ4n) is 3.00. The van der Waals surface area contributed by atoms with Gasteiger partial charge in [-0.2, -0.15) is 5.10 Å². The van der Waals surface area contributed by atoms with Gasteiger partial charge < -0.3 is 5.32 Å². The number of aryl methyl sites for hydroxylation is 1. The van der Waals surface area contributed by atoms with Crippen molar-refractivity contribution < 1.29 is 4.79 Å². The fraction of sp³-hybridized carbons (Fsp3) is 0.150. The predicted octanol–water partition coefficient (Wildman–Crippen LogP) is 3.30. The normalized spacial score (nSPS) is 13.6. The standard InChI is InChI=1S/C20H18N4O/c1-2-16-18-19(24(23-16)15-11-7-4-8-12-15)22-17(13-21-20(18)25)14-9-5-3-6-10-14/h3-12H,2,13H2,1H3,(H,21,25). The molecule has 1 aliphatic rings. The molecular weight excluding hydrogens is 312 g/mol. The maximum atomic E-state index is 12.7. The Morgan fingerprint density at radius 3 is 2.40 bits per heavy atom. The molecule has 0 aliphatic carbocycles. The second-order valence-corrected chi connectivity index (χ2v) is 5.85. The van der Waals surface area contributed by atoms with Crippen LogP contribution in [0.2, 0.25) is 0 Å². The quantitative estimate of drug-likeness (QED) is 0.801. The summed E-state index contributed by atoms with van der Waals surface area (Å²) in [5.74, 6) is 0.473. The molecule has 1 aliphatic heterocycles. The zero-order chi connectivity index (χ0) is 17.2. The van der Waals surface area contributed by atoms with E-state index < -0.39 is 0 Å². The van der Waals surface area contributed by atoms with Gasteiger partial charge in [-0.1, -0.05) is 55.5 Å². The monoisotopic (exact) mass is 330 g/mol. The van der Waals surface area contributed by atoms with Gasteiger partial charge in [0.05, 0.1) is 23.6 Å². The first kappa shape index (κ1) is 15.3. The molecule has 3 aromatic rings. The van der Waals surface area contributed by atoms with Gasteiger partial charge in [0.25, 0.3) is 5.91 Å². The lowest BCUT2D eigenvalue weighted by Gasteiger charge is -2.06. The third-order valence-corrected chi connectivity index (χ3v) is 4.26. The van der Waals surface area contributed by atoms with E-state index in [-0.39, 0.29) is 5.91 Å². The highest BCUT2D eigenvalue weighted by molar-refractivity contribution is 6.10. The number of para-hydroxylation sites is 1. The molecule has 0 fully saturated rings. The number of benzene rings is 2. The van der Waals surface area contributed by atoms with E-state index >= 15 is 0 Å². The van der Waals surface area contributed by atoms with E-state index in [1.54, 1.807) is 4.68 Å². The van der Waals surface area contributed by atoms with Crippen LogP contribution in [0.15, 0.2) is 65.7 Å². The molecule has 1 aromatic heterocycles. The molecular formula is C20H18N4O. The topological polar surface area (TPSA) is 59.3 Å². The van der Waals surface area contributed by atoms with Crippen LogP contribution in [0.3, 0.4) is 0 Å². The molecule has 0 saturated carbocycles. The minimum Gasteiger partial charge on any atom is -0.346 e. The number of carbonyl (C=O) groups is 1. The average molecular weight is 330 g/mol. The number of amides is 1. The second-order valence-electron chi connectivity index (χ2n) is 5.85. The number of aromatic nitrogens is 2. The maximum absolute atomic E-state index is 12.7. The summed E-state index contributed by atoms with van der Waals surface area (Å²) >= 11 is 0. The molecule has 5 nitrogen and oxygen atoms in total. The molecule has 124 valence electrons. The van der Waals surface area contributed by atoms with E-state index in [0.29, 0.717) is 24.3 Å². The highest BCUT2D eigenvalue weighted by Crippen LogP contribution is 2.29.